The van der Waals surface area contributed by atoms with Crippen LogP contribution in [0, 0.1) is 0 Å². The van der Waals surface area contributed by atoms with Gasteiger partial charge in [-0.2, -0.15) is 0 Å². The van der Waals surface area contributed by atoms with Crippen LogP contribution in [0.15, 0.2) is 127 Å². The Morgan fingerprint density at radius 1 is 0.444 bits per heavy atom. The molecule has 272 valence electrons. The summed E-state index contributed by atoms with van der Waals surface area (Å²) < 4.78 is 35.9. The van der Waals surface area contributed by atoms with Gasteiger partial charge in [-0.3, -0.25) is 0 Å². The zero-order valence-corrected chi connectivity index (χ0v) is 33.6. The van der Waals surface area contributed by atoms with E-state index in [1.165, 1.54) is 16.6 Å². The van der Waals surface area contributed by atoms with Crippen LogP contribution in [0.25, 0.3) is 0 Å². The Morgan fingerprint density at radius 2 is 0.833 bits per heavy atom. The molecule has 0 bridgehead atoms. The largest absolute Gasteiger partial charge is 0.311 e. The molecule has 6 aromatic carbocycles. The average molecular weight is 711 g/mol. The van der Waals surface area contributed by atoms with Crippen molar-refractivity contribution in [3.05, 3.63) is 161 Å². The minimum absolute atomic E-state index is 0.182. The van der Waals surface area contributed by atoms with Crippen LogP contribution in [-0.4, -0.2) is 6.71 Å². The summed E-state index contributed by atoms with van der Waals surface area (Å²) in [5.41, 5.74) is 15.5. The minimum Gasteiger partial charge on any atom is -0.311 e. The van der Waals surface area contributed by atoms with Crippen LogP contribution < -0.4 is 26.2 Å². The summed E-state index contributed by atoms with van der Waals surface area (Å²) >= 11 is 0. The smallest absolute Gasteiger partial charge is 0.252 e. The zero-order chi connectivity index (χ0) is 41.7. The Kier molecular flexibility index (Phi) is 7.94. The summed E-state index contributed by atoms with van der Waals surface area (Å²) in [4.78, 5) is 4.79. The van der Waals surface area contributed by atoms with Crippen molar-refractivity contribution in [3.8, 4) is 0 Å². The SMILES string of the molecule is [2H]C(C)(C)c1ccc(N2c3ccc(C([2H])(C)C)cc3B3c4cc(C([2H])(C)C)ccc4N(c4ccc(C([2H])(C)C)cc4)c4cc(C(C)(C)c5ccccc5)cc2c43)cc1. The maximum Gasteiger partial charge on any atom is 0.252 e. The van der Waals surface area contributed by atoms with Crippen molar-refractivity contribution in [1.29, 1.82) is 0 Å². The molecule has 0 aliphatic carbocycles. The van der Waals surface area contributed by atoms with Crippen molar-refractivity contribution in [2.75, 3.05) is 9.80 Å². The van der Waals surface area contributed by atoms with Crippen molar-refractivity contribution in [3.63, 3.8) is 0 Å². The predicted octanol–water partition coefficient (Wildman–Crippen LogP) is 12.6. The third-order valence-corrected chi connectivity index (χ3v) is 11.8. The highest BCUT2D eigenvalue weighted by molar-refractivity contribution is 7.00. The predicted molar refractivity (Wildman–Crippen MR) is 235 cm³/mol. The van der Waals surface area contributed by atoms with E-state index in [0.29, 0.717) is 0 Å². The van der Waals surface area contributed by atoms with Crippen molar-refractivity contribution < 1.29 is 5.48 Å². The average Bonchev–Trinajstić information content (AvgIpc) is 3.16. The molecule has 3 heteroatoms. The number of benzene rings is 6. The lowest BCUT2D eigenvalue weighted by Gasteiger charge is -2.45. The van der Waals surface area contributed by atoms with Gasteiger partial charge in [0.2, 0.25) is 0 Å². The Labute approximate surface area is 330 Å². The number of anilines is 6. The molecule has 2 heterocycles. The second-order valence-corrected chi connectivity index (χ2v) is 16.7. The van der Waals surface area contributed by atoms with Crippen molar-refractivity contribution in [1.82, 2.24) is 0 Å². The summed E-state index contributed by atoms with van der Waals surface area (Å²) in [6.07, 6.45) is 0. The first kappa shape index (κ1) is 31.3. The molecule has 0 aromatic heterocycles. The van der Waals surface area contributed by atoms with Gasteiger partial charge in [-0.25, -0.2) is 0 Å². The summed E-state index contributed by atoms with van der Waals surface area (Å²) in [6.45, 7) is 19.9. The van der Waals surface area contributed by atoms with Gasteiger partial charge >= 0.3 is 0 Å². The molecular formula is C51H55BN2. The summed E-state index contributed by atoms with van der Waals surface area (Å²) in [7, 11) is 0. The Morgan fingerprint density at radius 3 is 1.22 bits per heavy atom. The Bertz CT molecular complexity index is 2370. The standard InChI is InChI=1S/C51H55BN2/c1-32(2)36-16-22-42(23-17-36)53-46-26-20-38(34(5)6)28-44(46)52-45-29-39(35(7)8)21-27-47(45)54(43-24-18-37(19-25-43)33(3)4)49-31-41(30-48(53)50(49)52)51(9,10)40-14-12-11-13-15-40/h11-35H,1-10H3/i32D,33D,34D,35D. The fourth-order valence-corrected chi connectivity index (χ4v) is 8.45. The van der Waals surface area contributed by atoms with Crippen LogP contribution in [0.5, 0.6) is 0 Å². The van der Waals surface area contributed by atoms with Gasteiger partial charge in [0, 0.05) is 45.0 Å². The van der Waals surface area contributed by atoms with Crippen LogP contribution >= 0.6 is 0 Å². The molecule has 2 aliphatic rings. The monoisotopic (exact) mass is 710 g/mol. The zero-order valence-electron chi connectivity index (χ0n) is 37.6. The first-order valence-electron chi connectivity index (χ1n) is 21.4. The highest BCUT2D eigenvalue weighted by Gasteiger charge is 2.44. The van der Waals surface area contributed by atoms with Gasteiger partial charge in [0.15, 0.2) is 0 Å². The molecule has 54 heavy (non-hydrogen) atoms. The van der Waals surface area contributed by atoms with Crippen LogP contribution in [-0.2, 0) is 5.41 Å². The molecule has 0 amide bonds. The second kappa shape index (κ2) is 13.7. The van der Waals surface area contributed by atoms with E-state index in [-0.39, 0.29) is 12.1 Å². The van der Waals surface area contributed by atoms with Gasteiger partial charge in [-0.1, -0.05) is 148 Å². The number of hydrogen-bond donors (Lipinski definition) is 0. The summed E-state index contributed by atoms with van der Waals surface area (Å²) in [5, 5.41) is 0. The van der Waals surface area contributed by atoms with Gasteiger partial charge in [0.1, 0.15) is 0 Å². The van der Waals surface area contributed by atoms with Crippen molar-refractivity contribution in [2.24, 2.45) is 0 Å². The van der Waals surface area contributed by atoms with Gasteiger partial charge < -0.3 is 9.80 Å². The lowest BCUT2D eigenvalue weighted by molar-refractivity contribution is 0.641. The van der Waals surface area contributed by atoms with Gasteiger partial charge in [-0.15, -0.1) is 0 Å². The molecule has 0 saturated heterocycles. The molecule has 8 rings (SSSR count). The van der Waals surface area contributed by atoms with Gasteiger partial charge in [0.05, 0.1) is 0 Å². The van der Waals surface area contributed by atoms with Crippen LogP contribution in [0.1, 0.15) is 132 Å². The second-order valence-electron chi connectivity index (χ2n) is 16.7. The third-order valence-electron chi connectivity index (χ3n) is 11.8. The molecule has 2 nitrogen and oxygen atoms in total. The maximum atomic E-state index is 9.18. The molecule has 0 atom stereocenters. The normalized spacial score (nSPS) is 15.4. The van der Waals surface area contributed by atoms with Gasteiger partial charge in [-0.05, 0) is 122 Å². The van der Waals surface area contributed by atoms with Crippen molar-refractivity contribution >= 4 is 57.2 Å². The summed E-state index contributed by atoms with van der Waals surface area (Å²) in [5.74, 6) is -3.13. The fraction of sp³-hybridized carbons (Fsp3) is 0.294. The number of hydrogen-bond acceptors (Lipinski definition) is 2. The molecule has 0 N–H and O–H groups in total. The maximum absolute atomic E-state index is 9.18. The van der Waals surface area contributed by atoms with E-state index in [2.05, 4.69) is 151 Å². The van der Waals surface area contributed by atoms with Crippen molar-refractivity contribution in [2.45, 2.75) is 98.2 Å². The molecule has 0 fully saturated rings. The quantitative estimate of drug-likeness (QED) is 0.145. The Hall–Kier alpha value is -5.02. The van der Waals surface area contributed by atoms with Gasteiger partial charge in [0.25, 0.3) is 6.71 Å². The molecule has 6 aromatic rings. The molecule has 0 saturated carbocycles. The van der Waals surface area contributed by atoms with E-state index in [0.717, 1.165) is 67.3 Å². The molecule has 2 aliphatic heterocycles. The van der Waals surface area contributed by atoms with E-state index in [1.54, 1.807) is 0 Å². The van der Waals surface area contributed by atoms with Crippen LogP contribution in [0.3, 0.4) is 0 Å². The first-order valence-corrected chi connectivity index (χ1v) is 19.4. The molecule has 0 spiro atoms. The van der Waals surface area contributed by atoms with E-state index >= 15 is 0 Å². The number of fused-ring (bicyclic) bond motifs is 4. The topological polar surface area (TPSA) is 6.48 Å². The van der Waals surface area contributed by atoms with E-state index in [4.69, 9.17) is 2.74 Å². The van der Waals surface area contributed by atoms with E-state index < -0.39 is 23.6 Å². The van der Waals surface area contributed by atoms with Crippen LogP contribution in [0.4, 0.5) is 34.1 Å². The van der Waals surface area contributed by atoms with Crippen LogP contribution in [0.2, 0.25) is 0 Å². The molecule has 0 unspecified atom stereocenters. The lowest BCUT2D eigenvalue weighted by Crippen LogP contribution is -2.61. The Balaban J connectivity index is 1.51. The molecule has 0 radical (unpaired) electrons. The first-order chi connectivity index (χ1) is 27.0. The number of nitrogens with zero attached hydrogens (tertiary/aromatic N) is 2. The number of rotatable bonds is 8. The van der Waals surface area contributed by atoms with E-state index in [1.807, 2.05) is 55.4 Å². The fourth-order valence-electron chi connectivity index (χ4n) is 8.45. The van der Waals surface area contributed by atoms with E-state index in [9.17, 15) is 2.74 Å². The third kappa shape index (κ3) is 5.97. The minimum atomic E-state index is -0.824. The summed E-state index contributed by atoms with van der Waals surface area (Å²) in [6, 6.07) is 45.5. The highest BCUT2D eigenvalue weighted by Crippen LogP contribution is 2.47. The molecular weight excluding hydrogens is 651 g/mol. The lowest BCUT2D eigenvalue weighted by atomic mass is 9.33. The highest BCUT2D eigenvalue weighted by atomic mass is 15.2.